The van der Waals surface area contributed by atoms with E-state index in [-0.39, 0.29) is 17.1 Å². The predicted molar refractivity (Wildman–Crippen MR) is 141 cm³/mol. The maximum absolute atomic E-state index is 12.5. The quantitative estimate of drug-likeness (QED) is 0.270. The lowest BCUT2D eigenvalue weighted by Crippen LogP contribution is -2.37. The number of para-hydroxylation sites is 1. The molecule has 178 valence electrons. The van der Waals surface area contributed by atoms with E-state index in [4.69, 9.17) is 0 Å². The van der Waals surface area contributed by atoms with E-state index in [0.29, 0.717) is 10.9 Å². The van der Waals surface area contributed by atoms with Gasteiger partial charge in [-0.2, -0.15) is 0 Å². The maximum atomic E-state index is 12.5. The molecule has 0 fully saturated rings. The molecule has 0 bridgehead atoms. The van der Waals surface area contributed by atoms with Gasteiger partial charge in [-0.25, -0.2) is 0 Å². The SMILES string of the molecule is C=C(NNC(=O)CSc1nnc(-c2ccc(C(C)(C)C)cc2)n1-c1ccccc1)c1cccnc1. The molecule has 0 aliphatic heterocycles. The molecule has 0 saturated heterocycles. The first-order chi connectivity index (χ1) is 16.8. The third kappa shape index (κ3) is 5.96. The van der Waals surface area contributed by atoms with Crippen LogP contribution in [0.25, 0.3) is 22.8 Å². The zero-order valence-electron chi connectivity index (χ0n) is 20.0. The Hall–Kier alpha value is -3.91. The van der Waals surface area contributed by atoms with Gasteiger partial charge in [-0.05, 0) is 35.2 Å². The van der Waals surface area contributed by atoms with Gasteiger partial charge < -0.3 is 0 Å². The standard InChI is InChI=1S/C27H28N6OS/c1-19(21-9-8-16-28-17-21)29-30-24(34)18-35-26-32-31-25(33(26)23-10-6-5-7-11-23)20-12-14-22(15-13-20)27(2,3)4/h5-17,29H,1,18H2,2-4H3,(H,30,34). The average molecular weight is 485 g/mol. The van der Waals surface area contributed by atoms with Crippen molar-refractivity contribution < 1.29 is 4.79 Å². The average Bonchev–Trinajstić information content (AvgIpc) is 3.30. The maximum Gasteiger partial charge on any atom is 0.248 e. The molecule has 0 unspecified atom stereocenters. The number of aromatic nitrogens is 4. The summed E-state index contributed by atoms with van der Waals surface area (Å²) in [5, 5.41) is 9.51. The van der Waals surface area contributed by atoms with E-state index in [1.54, 1.807) is 12.4 Å². The molecule has 2 heterocycles. The van der Waals surface area contributed by atoms with Gasteiger partial charge >= 0.3 is 0 Å². The molecule has 0 saturated carbocycles. The summed E-state index contributed by atoms with van der Waals surface area (Å²) in [4.78, 5) is 16.6. The highest BCUT2D eigenvalue weighted by Crippen LogP contribution is 2.30. The Kier molecular flexibility index (Phi) is 7.31. The molecule has 4 aromatic rings. The Morgan fingerprint density at radius 2 is 1.71 bits per heavy atom. The van der Waals surface area contributed by atoms with Crippen LogP contribution in [0, 0.1) is 0 Å². The summed E-state index contributed by atoms with van der Waals surface area (Å²) in [6, 6.07) is 22.0. The monoisotopic (exact) mass is 484 g/mol. The fourth-order valence-corrected chi connectivity index (χ4v) is 4.16. The first-order valence-electron chi connectivity index (χ1n) is 11.2. The molecular formula is C27H28N6OS. The summed E-state index contributed by atoms with van der Waals surface area (Å²) in [5.74, 6) is 0.669. The number of pyridine rings is 1. The summed E-state index contributed by atoms with van der Waals surface area (Å²) < 4.78 is 1.98. The van der Waals surface area contributed by atoms with Crippen molar-refractivity contribution in [3.8, 4) is 17.1 Å². The van der Waals surface area contributed by atoms with Gasteiger partial charge in [0.25, 0.3) is 0 Å². The van der Waals surface area contributed by atoms with E-state index in [0.717, 1.165) is 22.6 Å². The number of carbonyl (C=O) groups is 1. The van der Waals surface area contributed by atoms with Gasteiger partial charge in [0, 0.05) is 29.2 Å². The van der Waals surface area contributed by atoms with E-state index < -0.39 is 0 Å². The second-order valence-corrected chi connectivity index (χ2v) is 9.93. The lowest BCUT2D eigenvalue weighted by Gasteiger charge is -2.19. The van der Waals surface area contributed by atoms with Crippen molar-refractivity contribution in [3.05, 3.63) is 96.8 Å². The van der Waals surface area contributed by atoms with Crippen LogP contribution in [-0.2, 0) is 10.2 Å². The van der Waals surface area contributed by atoms with Crippen molar-refractivity contribution >= 4 is 23.4 Å². The molecule has 8 heteroatoms. The number of benzene rings is 2. The van der Waals surface area contributed by atoms with Crippen LogP contribution in [0.2, 0.25) is 0 Å². The van der Waals surface area contributed by atoms with E-state index in [9.17, 15) is 4.79 Å². The highest BCUT2D eigenvalue weighted by molar-refractivity contribution is 7.99. The molecule has 7 nitrogen and oxygen atoms in total. The van der Waals surface area contributed by atoms with Crippen LogP contribution < -0.4 is 10.9 Å². The molecule has 0 aliphatic carbocycles. The number of thioether (sulfide) groups is 1. The number of hydrogen-bond acceptors (Lipinski definition) is 6. The number of hydrazine groups is 1. The minimum Gasteiger partial charge on any atom is -0.299 e. The molecule has 35 heavy (non-hydrogen) atoms. The van der Waals surface area contributed by atoms with Crippen LogP contribution in [-0.4, -0.2) is 31.4 Å². The van der Waals surface area contributed by atoms with Gasteiger partial charge in [-0.15, -0.1) is 10.2 Å². The summed E-state index contributed by atoms with van der Waals surface area (Å²) in [5.41, 5.74) is 10.1. The first-order valence-corrected chi connectivity index (χ1v) is 12.2. The Labute approximate surface area is 209 Å². The van der Waals surface area contributed by atoms with Gasteiger partial charge in [-0.1, -0.05) is 81.6 Å². The summed E-state index contributed by atoms with van der Waals surface area (Å²) in [6.07, 6.45) is 3.36. The first kappa shape index (κ1) is 24.2. The minimum absolute atomic E-state index is 0.0658. The van der Waals surface area contributed by atoms with Crippen molar-refractivity contribution in [1.29, 1.82) is 0 Å². The van der Waals surface area contributed by atoms with Crippen molar-refractivity contribution in [3.63, 3.8) is 0 Å². The Morgan fingerprint density at radius 3 is 2.37 bits per heavy atom. The van der Waals surface area contributed by atoms with Crippen molar-refractivity contribution in [2.45, 2.75) is 31.3 Å². The van der Waals surface area contributed by atoms with Crippen LogP contribution in [0.3, 0.4) is 0 Å². The van der Waals surface area contributed by atoms with Gasteiger partial charge in [0.05, 0.1) is 11.4 Å². The Bertz CT molecular complexity index is 1300. The zero-order valence-corrected chi connectivity index (χ0v) is 20.8. The fourth-order valence-electron chi connectivity index (χ4n) is 3.40. The number of amides is 1. The zero-order chi connectivity index (χ0) is 24.8. The van der Waals surface area contributed by atoms with E-state index in [1.807, 2.05) is 47.0 Å². The molecule has 0 radical (unpaired) electrons. The second kappa shape index (κ2) is 10.6. The Balaban J connectivity index is 1.50. The number of nitrogens with zero attached hydrogens (tertiary/aromatic N) is 4. The Morgan fingerprint density at radius 1 is 0.971 bits per heavy atom. The van der Waals surface area contributed by atoms with Crippen molar-refractivity contribution in [1.82, 2.24) is 30.6 Å². The number of nitrogens with one attached hydrogen (secondary N) is 2. The lowest BCUT2D eigenvalue weighted by molar-refractivity contribution is -0.119. The third-order valence-corrected chi connectivity index (χ3v) is 6.28. The van der Waals surface area contributed by atoms with Crippen molar-refractivity contribution in [2.75, 3.05) is 5.75 Å². The summed E-state index contributed by atoms with van der Waals surface area (Å²) in [7, 11) is 0. The van der Waals surface area contributed by atoms with E-state index >= 15 is 0 Å². The van der Waals surface area contributed by atoms with Gasteiger partial charge in [0.1, 0.15) is 0 Å². The van der Waals surface area contributed by atoms with E-state index in [2.05, 4.69) is 77.6 Å². The summed E-state index contributed by atoms with van der Waals surface area (Å²) >= 11 is 1.32. The number of rotatable bonds is 8. The molecule has 4 rings (SSSR count). The summed E-state index contributed by atoms with van der Waals surface area (Å²) in [6.45, 7) is 10.5. The van der Waals surface area contributed by atoms with Crippen LogP contribution in [0.5, 0.6) is 0 Å². The minimum atomic E-state index is -0.210. The molecule has 2 N–H and O–H groups in total. The number of hydrogen-bond donors (Lipinski definition) is 2. The largest absolute Gasteiger partial charge is 0.299 e. The van der Waals surface area contributed by atoms with Crippen LogP contribution >= 0.6 is 11.8 Å². The molecule has 1 amide bonds. The molecule has 0 spiro atoms. The fraction of sp³-hybridized carbons (Fsp3) is 0.185. The van der Waals surface area contributed by atoms with Gasteiger partial charge in [0.2, 0.25) is 5.91 Å². The molecular weight excluding hydrogens is 456 g/mol. The highest BCUT2D eigenvalue weighted by atomic mass is 32.2. The third-order valence-electron chi connectivity index (χ3n) is 5.35. The molecule has 0 aliphatic rings. The van der Waals surface area contributed by atoms with Crippen LogP contribution in [0.15, 0.2) is 90.9 Å². The lowest BCUT2D eigenvalue weighted by atomic mass is 9.87. The van der Waals surface area contributed by atoms with Crippen molar-refractivity contribution in [2.24, 2.45) is 0 Å². The highest BCUT2D eigenvalue weighted by Gasteiger charge is 2.19. The van der Waals surface area contributed by atoms with Crippen LogP contribution in [0.1, 0.15) is 31.9 Å². The second-order valence-electron chi connectivity index (χ2n) is 8.99. The van der Waals surface area contributed by atoms with E-state index in [1.165, 1.54) is 17.3 Å². The smallest absolute Gasteiger partial charge is 0.248 e. The number of carbonyl (C=O) groups excluding carboxylic acids is 1. The molecule has 2 aromatic carbocycles. The molecule has 0 atom stereocenters. The van der Waals surface area contributed by atoms with Crippen LogP contribution in [0.4, 0.5) is 0 Å². The van der Waals surface area contributed by atoms with Gasteiger partial charge in [0.15, 0.2) is 11.0 Å². The molecule has 2 aromatic heterocycles. The normalized spacial score (nSPS) is 11.2. The van der Waals surface area contributed by atoms with Gasteiger partial charge in [-0.3, -0.25) is 25.2 Å². The predicted octanol–water partition coefficient (Wildman–Crippen LogP) is 5.01. The topological polar surface area (TPSA) is 84.7 Å².